The number of carbonyl (C=O) groups excluding carboxylic acids is 1. The number of carbonyl (C=O) groups is 1. The molecule has 0 aromatic heterocycles. The van der Waals surface area contributed by atoms with E-state index in [4.69, 9.17) is 17.7 Å². The zero-order valence-electron chi connectivity index (χ0n) is 24.0. The third-order valence-electron chi connectivity index (χ3n) is 6.69. The lowest BCUT2D eigenvalue weighted by Gasteiger charge is -2.42. The van der Waals surface area contributed by atoms with Gasteiger partial charge in [-0.1, -0.05) is 79.1 Å². The van der Waals surface area contributed by atoms with E-state index in [1.54, 1.807) is 0 Å². The van der Waals surface area contributed by atoms with Crippen LogP contribution in [0, 0.1) is 0 Å². The molecule has 0 aliphatic carbocycles. The molecule has 2 atom stereocenters. The average molecular weight is 519 g/mol. The first-order chi connectivity index (χ1) is 16.4. The number of Topliss-reactive ketones (excluding diaryl/α,β-unsaturated/α-hetero) is 1. The summed E-state index contributed by atoms with van der Waals surface area (Å²) in [4.78, 5) is 14.7. The predicted molar refractivity (Wildman–Crippen MR) is 149 cm³/mol. The summed E-state index contributed by atoms with van der Waals surface area (Å²) in [6, 6.07) is 1.73. The van der Waals surface area contributed by atoms with Gasteiger partial charge in [0.15, 0.2) is 0 Å². The molecule has 2 unspecified atom stereocenters. The van der Waals surface area contributed by atoms with Crippen molar-refractivity contribution in [3.05, 3.63) is 0 Å². The molecule has 5 nitrogen and oxygen atoms in total. The Kier molecular flexibility index (Phi) is 20.0. The fourth-order valence-electron chi connectivity index (χ4n) is 5.39. The fourth-order valence-corrected chi connectivity index (χ4v) is 13.7. The van der Waals surface area contributed by atoms with Gasteiger partial charge in [0.1, 0.15) is 5.78 Å². The molecule has 0 bridgehead atoms. The van der Waals surface area contributed by atoms with Crippen LogP contribution in [0.2, 0.25) is 23.2 Å². The summed E-state index contributed by atoms with van der Waals surface area (Å²) in [5.74, 6) is 0.330. The average Bonchev–Trinajstić information content (AvgIpc) is 2.80. The first-order valence-corrected chi connectivity index (χ1v) is 18.7. The van der Waals surface area contributed by atoms with Crippen molar-refractivity contribution in [2.75, 3.05) is 26.4 Å². The molecule has 0 saturated heterocycles. The van der Waals surface area contributed by atoms with Crippen molar-refractivity contribution in [3.63, 3.8) is 0 Å². The Morgan fingerprint density at radius 1 is 0.529 bits per heavy atom. The molecule has 0 aromatic rings. The summed E-state index contributed by atoms with van der Waals surface area (Å²) < 4.78 is 26.1. The van der Waals surface area contributed by atoms with Gasteiger partial charge in [0, 0.05) is 26.4 Å². The van der Waals surface area contributed by atoms with Crippen LogP contribution in [0.5, 0.6) is 0 Å². The van der Waals surface area contributed by atoms with E-state index >= 15 is 0 Å². The number of hydrogen-bond acceptors (Lipinski definition) is 5. The molecule has 0 aromatic carbocycles. The zero-order chi connectivity index (χ0) is 25.9. The van der Waals surface area contributed by atoms with Crippen molar-refractivity contribution in [1.29, 1.82) is 0 Å². The molecule has 0 heterocycles. The minimum atomic E-state index is -2.73. The first-order valence-electron chi connectivity index (χ1n) is 14.5. The van der Waals surface area contributed by atoms with Crippen LogP contribution in [-0.4, -0.2) is 49.3 Å². The molecule has 34 heavy (non-hydrogen) atoms. The Labute approximate surface area is 214 Å². The van der Waals surface area contributed by atoms with E-state index in [1.165, 1.54) is 0 Å². The van der Waals surface area contributed by atoms with E-state index in [9.17, 15) is 4.79 Å². The van der Waals surface area contributed by atoms with Gasteiger partial charge in [-0.2, -0.15) is 0 Å². The third kappa shape index (κ3) is 10.5. The molecule has 0 aliphatic rings. The lowest BCUT2D eigenvalue weighted by atomic mass is 10.0. The Balaban J connectivity index is 6.60. The highest BCUT2D eigenvalue weighted by atomic mass is 28.4. The highest BCUT2D eigenvalue weighted by Gasteiger charge is 2.56. The van der Waals surface area contributed by atoms with E-state index < -0.39 is 17.1 Å². The number of ketones is 1. The van der Waals surface area contributed by atoms with E-state index in [0.29, 0.717) is 32.2 Å². The van der Waals surface area contributed by atoms with Crippen LogP contribution in [-0.2, 0) is 22.5 Å². The summed E-state index contributed by atoms with van der Waals surface area (Å²) in [5.41, 5.74) is -0.315. The highest BCUT2D eigenvalue weighted by molar-refractivity contribution is 6.77. The Bertz CT molecular complexity index is 427. The number of rotatable bonds is 24. The second-order valence-corrected chi connectivity index (χ2v) is 16.2. The molecule has 0 spiro atoms. The van der Waals surface area contributed by atoms with Crippen molar-refractivity contribution in [3.8, 4) is 0 Å². The fraction of sp³-hybridized carbons (Fsp3) is 0.963. The van der Waals surface area contributed by atoms with E-state index in [2.05, 4.69) is 27.7 Å². The van der Waals surface area contributed by atoms with Crippen LogP contribution in [0.4, 0.5) is 0 Å². The minimum absolute atomic E-state index is 0.157. The molecule has 0 radical (unpaired) electrons. The van der Waals surface area contributed by atoms with Crippen LogP contribution < -0.4 is 0 Å². The van der Waals surface area contributed by atoms with Gasteiger partial charge in [-0.25, -0.2) is 0 Å². The lowest BCUT2D eigenvalue weighted by Crippen LogP contribution is -2.55. The first kappa shape index (κ1) is 33.9. The summed E-state index contributed by atoms with van der Waals surface area (Å²) in [7, 11) is -5.47. The smallest absolute Gasteiger partial charge is 0.348 e. The van der Waals surface area contributed by atoms with Gasteiger partial charge in [-0.3, -0.25) is 4.79 Å². The standard InChI is InChI=1S/C27H58O5Si2/c1-9-17-19-21-25(33(23-11-3,29-13-5)30-14-6)27(28)26(22-20-18-10-2)34(24-12-4,31-15-7)32-16-8/h25-26H,9-24H2,1-8H3. The topological polar surface area (TPSA) is 54.0 Å². The molecule has 0 amide bonds. The molecule has 0 saturated carbocycles. The maximum Gasteiger partial charge on any atom is 0.348 e. The molecule has 0 aliphatic heterocycles. The van der Waals surface area contributed by atoms with Gasteiger partial charge in [0.25, 0.3) is 0 Å². The summed E-state index contributed by atoms with van der Waals surface area (Å²) in [5, 5.41) is 0. The molecular formula is C27H58O5Si2. The van der Waals surface area contributed by atoms with Crippen LogP contribution >= 0.6 is 0 Å². The van der Waals surface area contributed by atoms with Crippen LogP contribution in [0.3, 0.4) is 0 Å². The third-order valence-corrected chi connectivity index (χ3v) is 15.5. The quantitative estimate of drug-likeness (QED) is 0.0949. The number of hydrogen-bond donors (Lipinski definition) is 0. The van der Waals surface area contributed by atoms with E-state index in [-0.39, 0.29) is 11.1 Å². The van der Waals surface area contributed by atoms with Gasteiger partial charge in [0.2, 0.25) is 0 Å². The Morgan fingerprint density at radius 2 is 0.853 bits per heavy atom. The molecule has 0 N–H and O–H groups in total. The minimum Gasteiger partial charge on any atom is -0.394 e. The van der Waals surface area contributed by atoms with E-state index in [1.807, 2.05) is 27.7 Å². The van der Waals surface area contributed by atoms with Crippen LogP contribution in [0.25, 0.3) is 0 Å². The normalized spacial score (nSPS) is 14.4. The second kappa shape index (κ2) is 20.1. The van der Waals surface area contributed by atoms with E-state index in [0.717, 1.165) is 76.3 Å². The van der Waals surface area contributed by atoms with Crippen molar-refractivity contribution in [1.82, 2.24) is 0 Å². The van der Waals surface area contributed by atoms with Crippen molar-refractivity contribution in [2.24, 2.45) is 0 Å². The maximum atomic E-state index is 14.7. The van der Waals surface area contributed by atoms with Crippen molar-refractivity contribution in [2.45, 2.75) is 143 Å². The summed E-state index contributed by atoms with van der Waals surface area (Å²) >= 11 is 0. The van der Waals surface area contributed by atoms with Crippen LogP contribution in [0.1, 0.15) is 120 Å². The van der Waals surface area contributed by atoms with Gasteiger partial charge < -0.3 is 17.7 Å². The zero-order valence-corrected chi connectivity index (χ0v) is 26.0. The van der Waals surface area contributed by atoms with Crippen molar-refractivity contribution < 1.29 is 22.5 Å². The second-order valence-electron chi connectivity index (χ2n) is 9.35. The maximum absolute atomic E-state index is 14.7. The molecule has 204 valence electrons. The van der Waals surface area contributed by atoms with Crippen molar-refractivity contribution >= 4 is 22.9 Å². The number of unbranched alkanes of at least 4 members (excludes halogenated alkanes) is 4. The van der Waals surface area contributed by atoms with Crippen LogP contribution in [0.15, 0.2) is 0 Å². The van der Waals surface area contributed by atoms with Gasteiger partial charge in [-0.05, 0) is 52.6 Å². The van der Waals surface area contributed by atoms with Gasteiger partial charge in [0.05, 0.1) is 11.1 Å². The SMILES string of the molecule is CCCCCC(C(=O)C(CCCCC)[Si](CCC)(OCC)OCC)[Si](CCC)(OCC)OCC. The highest BCUT2D eigenvalue weighted by Crippen LogP contribution is 2.44. The molecular weight excluding hydrogens is 460 g/mol. The van der Waals surface area contributed by atoms with Gasteiger partial charge in [-0.15, -0.1) is 0 Å². The van der Waals surface area contributed by atoms with Gasteiger partial charge >= 0.3 is 17.1 Å². The largest absolute Gasteiger partial charge is 0.394 e. The Hall–Kier alpha value is -0.0562. The molecule has 7 heteroatoms. The summed E-state index contributed by atoms with van der Waals surface area (Å²) in [6.07, 6.45) is 10.3. The monoisotopic (exact) mass is 518 g/mol. The summed E-state index contributed by atoms with van der Waals surface area (Å²) in [6.45, 7) is 19.3. The predicted octanol–water partition coefficient (Wildman–Crippen LogP) is 8.31. The molecule has 0 rings (SSSR count). The lowest BCUT2D eigenvalue weighted by molar-refractivity contribution is -0.121. The molecule has 0 fully saturated rings. The Morgan fingerprint density at radius 3 is 1.09 bits per heavy atom.